The number of hydrogen-bond acceptors (Lipinski definition) is 5. The molecule has 2 rings (SSSR count). The van der Waals surface area contributed by atoms with Crippen LogP contribution in [-0.2, 0) is 27.2 Å². The summed E-state index contributed by atoms with van der Waals surface area (Å²) >= 11 is 0. The molecule has 1 aromatic heterocycles. The molecule has 0 aliphatic carbocycles. The number of aliphatic carboxylic acids is 1. The van der Waals surface area contributed by atoms with Crippen LogP contribution in [0.25, 0.3) is 0 Å². The summed E-state index contributed by atoms with van der Waals surface area (Å²) in [5.74, 6) is -2.68. The molecule has 2 aromatic rings. The number of carboxylic acids is 1. The number of benzene rings is 1. The summed E-state index contributed by atoms with van der Waals surface area (Å²) in [6.07, 6.45) is 3.07. The van der Waals surface area contributed by atoms with E-state index in [4.69, 9.17) is 0 Å². The van der Waals surface area contributed by atoms with Gasteiger partial charge < -0.3 is 10.4 Å². The Balaban J connectivity index is 2.19. The zero-order chi connectivity index (χ0) is 25.7. The van der Waals surface area contributed by atoms with Crippen molar-refractivity contribution in [1.29, 1.82) is 0 Å². The lowest BCUT2D eigenvalue weighted by Gasteiger charge is -2.23. The molecule has 0 radical (unpaired) electrons. The van der Waals surface area contributed by atoms with Crippen molar-refractivity contribution in [3.8, 4) is 0 Å². The summed E-state index contributed by atoms with van der Waals surface area (Å²) in [6, 6.07) is 8.06. The lowest BCUT2D eigenvalue weighted by atomic mass is 9.83. The normalized spacial score (nSPS) is 13.7. The second kappa shape index (κ2) is 10.8. The van der Waals surface area contributed by atoms with E-state index in [9.17, 15) is 24.3 Å². The Morgan fingerprint density at radius 1 is 0.971 bits per heavy atom. The fourth-order valence-electron chi connectivity index (χ4n) is 3.35. The van der Waals surface area contributed by atoms with Gasteiger partial charge in [0.25, 0.3) is 0 Å². The van der Waals surface area contributed by atoms with Gasteiger partial charge in [-0.3, -0.25) is 19.0 Å². The van der Waals surface area contributed by atoms with Gasteiger partial charge in [-0.05, 0) is 12.0 Å². The number of carbonyl (C=O) groups excluding carboxylic acids is 3. The highest BCUT2D eigenvalue weighted by atomic mass is 16.4. The van der Waals surface area contributed by atoms with Gasteiger partial charge >= 0.3 is 5.97 Å². The van der Waals surface area contributed by atoms with Crippen molar-refractivity contribution in [2.24, 2.45) is 16.7 Å². The van der Waals surface area contributed by atoms with Gasteiger partial charge in [-0.25, -0.2) is 9.78 Å². The number of Topliss-reactive ketones (excluding diaryl/α,β-unsaturated/α-hetero) is 1. The van der Waals surface area contributed by atoms with Crippen molar-refractivity contribution in [3.63, 3.8) is 0 Å². The summed E-state index contributed by atoms with van der Waals surface area (Å²) in [4.78, 5) is 54.3. The number of hydrogen-bond donors (Lipinski definition) is 2. The third-order valence-corrected chi connectivity index (χ3v) is 5.50. The maximum absolute atomic E-state index is 13.2. The van der Waals surface area contributed by atoms with Gasteiger partial charge in [0.05, 0.1) is 5.69 Å². The second-order valence-corrected chi connectivity index (χ2v) is 10.7. The van der Waals surface area contributed by atoms with E-state index in [1.54, 1.807) is 41.5 Å². The van der Waals surface area contributed by atoms with E-state index >= 15 is 0 Å². The first-order chi connectivity index (χ1) is 15.7. The topological polar surface area (TPSA) is 118 Å². The fraction of sp³-hybridized carbons (Fsp3) is 0.500. The Morgan fingerprint density at radius 3 is 2.12 bits per heavy atom. The van der Waals surface area contributed by atoms with Crippen LogP contribution in [0.4, 0.5) is 0 Å². The molecular weight excluding hydrogens is 434 g/mol. The Bertz CT molecular complexity index is 1030. The predicted molar refractivity (Wildman–Crippen MR) is 128 cm³/mol. The maximum atomic E-state index is 13.2. The zero-order valence-electron chi connectivity index (χ0n) is 20.8. The third kappa shape index (κ3) is 7.64. The molecular formula is C26H35N3O5. The molecule has 0 saturated carbocycles. The highest BCUT2D eigenvalue weighted by molar-refractivity contribution is 5.91. The first-order valence-corrected chi connectivity index (χ1v) is 11.4. The molecule has 34 heavy (non-hydrogen) atoms. The summed E-state index contributed by atoms with van der Waals surface area (Å²) in [5, 5.41) is 12.3. The first kappa shape index (κ1) is 27.0. The van der Waals surface area contributed by atoms with Gasteiger partial charge in [0.2, 0.25) is 11.8 Å². The number of carbonyl (C=O) groups is 4. The van der Waals surface area contributed by atoms with E-state index in [-0.39, 0.29) is 24.5 Å². The third-order valence-electron chi connectivity index (χ3n) is 5.50. The van der Waals surface area contributed by atoms with E-state index in [2.05, 4.69) is 10.3 Å². The first-order valence-electron chi connectivity index (χ1n) is 11.4. The monoisotopic (exact) mass is 469 g/mol. The van der Waals surface area contributed by atoms with Gasteiger partial charge in [0, 0.05) is 35.8 Å². The van der Waals surface area contributed by atoms with Crippen molar-refractivity contribution in [2.75, 3.05) is 0 Å². The van der Waals surface area contributed by atoms with Crippen LogP contribution in [0, 0.1) is 16.7 Å². The maximum Gasteiger partial charge on any atom is 0.326 e. The number of amides is 1. The molecule has 1 heterocycles. The SMILES string of the molecule is CC(C)(C)C(=O)C[C@@H](Cc1ccccc1)C(=O)N[C@@H](Cc1cn(C(=O)C(C)(C)C)cn1)C(=O)O. The van der Waals surface area contributed by atoms with Crippen LogP contribution in [0.3, 0.4) is 0 Å². The lowest BCUT2D eigenvalue weighted by molar-refractivity contribution is -0.142. The minimum absolute atomic E-state index is 0.00524. The quantitative estimate of drug-likeness (QED) is 0.580. The van der Waals surface area contributed by atoms with Crippen LogP contribution in [0.5, 0.6) is 0 Å². The summed E-state index contributed by atoms with van der Waals surface area (Å²) in [7, 11) is 0. The number of ketones is 1. The zero-order valence-corrected chi connectivity index (χ0v) is 20.8. The second-order valence-electron chi connectivity index (χ2n) is 10.7. The van der Waals surface area contributed by atoms with Crippen LogP contribution in [0.2, 0.25) is 0 Å². The number of nitrogens with zero attached hydrogens (tertiary/aromatic N) is 2. The summed E-state index contributed by atoms with van der Waals surface area (Å²) in [6.45, 7) is 10.7. The highest BCUT2D eigenvalue weighted by Crippen LogP contribution is 2.23. The molecule has 1 aromatic carbocycles. The molecule has 8 heteroatoms. The van der Waals surface area contributed by atoms with Crippen molar-refractivity contribution < 1.29 is 24.3 Å². The van der Waals surface area contributed by atoms with Crippen LogP contribution in [0.15, 0.2) is 42.9 Å². The van der Waals surface area contributed by atoms with E-state index in [1.165, 1.54) is 17.1 Å². The van der Waals surface area contributed by atoms with E-state index in [0.29, 0.717) is 12.1 Å². The summed E-state index contributed by atoms with van der Waals surface area (Å²) < 4.78 is 1.33. The van der Waals surface area contributed by atoms with Gasteiger partial charge in [0.1, 0.15) is 18.2 Å². The van der Waals surface area contributed by atoms with Crippen molar-refractivity contribution in [1.82, 2.24) is 14.9 Å². The summed E-state index contributed by atoms with van der Waals surface area (Å²) in [5.41, 5.74) is 0.0163. The molecule has 1 amide bonds. The van der Waals surface area contributed by atoms with E-state index in [0.717, 1.165) is 5.56 Å². The van der Waals surface area contributed by atoms with Gasteiger partial charge in [-0.2, -0.15) is 0 Å². The minimum Gasteiger partial charge on any atom is -0.480 e. The van der Waals surface area contributed by atoms with Gasteiger partial charge in [0.15, 0.2) is 0 Å². The standard InChI is InChI=1S/C26H35N3O5/c1-25(2,3)21(30)13-18(12-17-10-8-7-9-11-17)22(31)28-20(23(32)33)14-19-15-29(16-27-19)24(34)26(4,5)6/h7-11,15-16,18,20H,12-14H2,1-6H3,(H,28,31)(H,32,33)/t18-,20+/m1/s1. The Labute approximate surface area is 200 Å². The smallest absolute Gasteiger partial charge is 0.326 e. The van der Waals surface area contributed by atoms with Crippen LogP contribution >= 0.6 is 0 Å². The molecule has 0 saturated heterocycles. The van der Waals surface area contributed by atoms with E-state index < -0.39 is 34.7 Å². The van der Waals surface area contributed by atoms with Gasteiger partial charge in [-0.1, -0.05) is 71.9 Å². The molecule has 2 N–H and O–H groups in total. The minimum atomic E-state index is -1.25. The van der Waals surface area contributed by atoms with Crippen molar-refractivity contribution in [3.05, 3.63) is 54.1 Å². The number of nitrogens with one attached hydrogen (secondary N) is 1. The largest absolute Gasteiger partial charge is 0.480 e. The molecule has 0 unspecified atom stereocenters. The van der Waals surface area contributed by atoms with Crippen LogP contribution in [-0.4, -0.2) is 44.3 Å². The molecule has 184 valence electrons. The Morgan fingerprint density at radius 2 is 1.59 bits per heavy atom. The molecule has 0 spiro atoms. The van der Waals surface area contributed by atoms with E-state index in [1.807, 2.05) is 30.3 Å². The average Bonchev–Trinajstić information content (AvgIpc) is 3.19. The van der Waals surface area contributed by atoms with Crippen molar-refractivity contribution in [2.45, 2.75) is 66.8 Å². The lowest BCUT2D eigenvalue weighted by Crippen LogP contribution is -2.46. The van der Waals surface area contributed by atoms with Crippen LogP contribution in [0.1, 0.15) is 64.0 Å². The average molecular weight is 470 g/mol. The number of rotatable bonds is 9. The fourth-order valence-corrected chi connectivity index (χ4v) is 3.35. The highest BCUT2D eigenvalue weighted by Gasteiger charge is 2.31. The van der Waals surface area contributed by atoms with Crippen LogP contribution < -0.4 is 5.32 Å². The molecule has 0 fully saturated rings. The predicted octanol–water partition coefficient (Wildman–Crippen LogP) is 3.55. The Hall–Kier alpha value is -3.29. The number of imidazole rings is 1. The molecule has 0 aliphatic heterocycles. The van der Waals surface area contributed by atoms with Crippen molar-refractivity contribution >= 4 is 23.6 Å². The molecule has 2 atom stereocenters. The molecule has 0 aliphatic rings. The molecule has 0 bridgehead atoms. The number of carboxylic acid groups (broad SMARTS) is 1. The number of aromatic nitrogens is 2. The molecule has 8 nitrogen and oxygen atoms in total. The van der Waals surface area contributed by atoms with Gasteiger partial charge in [-0.15, -0.1) is 0 Å². The Kier molecular flexibility index (Phi) is 8.53.